The number of nitrogens with one attached hydrogen (secondary N) is 1. The topological polar surface area (TPSA) is 121 Å². The summed E-state index contributed by atoms with van der Waals surface area (Å²) in [5.74, 6) is 0.923. The second-order valence-electron chi connectivity index (χ2n) is 6.15. The number of nitrogens with zero attached hydrogens (tertiary/aromatic N) is 2. The molecule has 0 saturated carbocycles. The molecule has 0 saturated heterocycles. The number of methoxy groups -OCH3 is 2. The van der Waals surface area contributed by atoms with E-state index in [0.717, 1.165) is 6.26 Å². The lowest BCUT2D eigenvalue weighted by molar-refractivity contribution is -0.115. The maximum atomic E-state index is 12.2. The van der Waals surface area contributed by atoms with Crippen molar-refractivity contribution in [1.82, 2.24) is 10.2 Å². The number of ether oxygens (including phenoxy) is 2. The normalized spacial score (nSPS) is 11.1. The van der Waals surface area contributed by atoms with Crippen molar-refractivity contribution in [3.8, 4) is 23.0 Å². The van der Waals surface area contributed by atoms with Gasteiger partial charge in [0.2, 0.25) is 11.8 Å². The summed E-state index contributed by atoms with van der Waals surface area (Å²) in [5, 5.41) is 10.3. The van der Waals surface area contributed by atoms with Gasteiger partial charge in [-0.25, -0.2) is 8.42 Å². The minimum absolute atomic E-state index is 0.0226. The van der Waals surface area contributed by atoms with Crippen LogP contribution in [0.15, 0.2) is 51.8 Å². The Hall–Kier alpha value is -3.40. The molecule has 0 radical (unpaired) electrons. The van der Waals surface area contributed by atoms with Gasteiger partial charge < -0.3 is 13.9 Å². The molecule has 1 aromatic heterocycles. The molecule has 0 aliphatic carbocycles. The highest BCUT2D eigenvalue weighted by Gasteiger charge is 2.14. The number of carbonyl (C=O) groups is 1. The molecule has 3 aromatic rings. The molecule has 3 rings (SSSR count). The Morgan fingerprint density at radius 1 is 1.03 bits per heavy atom. The first-order valence-corrected chi connectivity index (χ1v) is 10.3. The fourth-order valence-electron chi connectivity index (χ4n) is 2.52. The van der Waals surface area contributed by atoms with Crippen LogP contribution >= 0.6 is 0 Å². The predicted octanol–water partition coefficient (Wildman–Crippen LogP) is 2.34. The molecule has 0 bridgehead atoms. The molecule has 0 aliphatic rings. The first-order chi connectivity index (χ1) is 13.8. The Morgan fingerprint density at radius 2 is 1.66 bits per heavy atom. The average molecular weight is 417 g/mol. The minimum atomic E-state index is -3.28. The van der Waals surface area contributed by atoms with Crippen LogP contribution in [-0.2, 0) is 21.1 Å². The molecule has 1 N–H and O–H groups in total. The Labute approximate surface area is 167 Å². The van der Waals surface area contributed by atoms with Crippen LogP contribution in [0.25, 0.3) is 11.5 Å². The molecule has 152 valence electrons. The van der Waals surface area contributed by atoms with E-state index >= 15 is 0 Å². The number of carbonyl (C=O) groups excluding carboxylic acids is 1. The molecule has 0 fully saturated rings. The van der Waals surface area contributed by atoms with Gasteiger partial charge in [-0.2, -0.15) is 0 Å². The van der Waals surface area contributed by atoms with Gasteiger partial charge in [0.1, 0.15) is 11.5 Å². The number of hydrogen-bond donors (Lipinski definition) is 1. The van der Waals surface area contributed by atoms with Gasteiger partial charge in [0.15, 0.2) is 9.84 Å². The van der Waals surface area contributed by atoms with E-state index in [1.807, 2.05) is 0 Å². The standard InChI is InChI=1S/C19H19N3O6S/c1-26-14-9-13(10-15(11-14)27-2)18-21-22-19(28-18)20-17(23)8-12-4-6-16(7-5-12)29(3,24)25/h4-7,9-11H,8H2,1-3H3,(H,20,22,23). The highest BCUT2D eigenvalue weighted by Crippen LogP contribution is 2.29. The summed E-state index contributed by atoms with van der Waals surface area (Å²) >= 11 is 0. The number of hydrogen-bond acceptors (Lipinski definition) is 8. The monoisotopic (exact) mass is 417 g/mol. The highest BCUT2D eigenvalue weighted by atomic mass is 32.2. The molecule has 10 heteroatoms. The van der Waals surface area contributed by atoms with Crippen molar-refractivity contribution in [3.05, 3.63) is 48.0 Å². The summed E-state index contributed by atoms with van der Waals surface area (Å²) in [7, 11) is -0.226. The third-order valence-electron chi connectivity index (χ3n) is 3.99. The third-order valence-corrected chi connectivity index (χ3v) is 5.11. The van der Waals surface area contributed by atoms with Crippen molar-refractivity contribution in [2.24, 2.45) is 0 Å². The lowest BCUT2D eigenvalue weighted by Gasteiger charge is -2.05. The number of sulfone groups is 1. The predicted molar refractivity (Wildman–Crippen MR) is 105 cm³/mol. The molecular formula is C19H19N3O6S. The SMILES string of the molecule is COc1cc(OC)cc(-c2nnc(NC(=O)Cc3ccc(S(C)(=O)=O)cc3)o2)c1. The number of benzene rings is 2. The van der Waals surface area contributed by atoms with Gasteiger partial charge in [0.05, 0.1) is 25.5 Å². The van der Waals surface area contributed by atoms with Gasteiger partial charge in [-0.05, 0) is 29.8 Å². The van der Waals surface area contributed by atoms with E-state index in [9.17, 15) is 13.2 Å². The highest BCUT2D eigenvalue weighted by molar-refractivity contribution is 7.90. The smallest absolute Gasteiger partial charge is 0.322 e. The lowest BCUT2D eigenvalue weighted by Crippen LogP contribution is -2.14. The molecule has 0 unspecified atom stereocenters. The van der Waals surface area contributed by atoms with E-state index in [1.54, 1.807) is 30.3 Å². The molecule has 1 amide bonds. The van der Waals surface area contributed by atoms with Crippen molar-refractivity contribution in [3.63, 3.8) is 0 Å². The van der Waals surface area contributed by atoms with Crippen molar-refractivity contribution in [1.29, 1.82) is 0 Å². The largest absolute Gasteiger partial charge is 0.497 e. The van der Waals surface area contributed by atoms with Crippen LogP contribution in [0.5, 0.6) is 11.5 Å². The number of aromatic nitrogens is 2. The van der Waals surface area contributed by atoms with E-state index in [0.29, 0.717) is 22.6 Å². The Balaban J connectivity index is 1.69. The summed E-state index contributed by atoms with van der Waals surface area (Å²) in [6.45, 7) is 0. The van der Waals surface area contributed by atoms with Crippen LogP contribution in [0.3, 0.4) is 0 Å². The molecule has 2 aromatic carbocycles. The minimum Gasteiger partial charge on any atom is -0.497 e. The van der Waals surface area contributed by atoms with Crippen LogP contribution in [0, 0.1) is 0 Å². The maximum Gasteiger partial charge on any atom is 0.322 e. The Kier molecular flexibility index (Phi) is 5.83. The summed E-state index contributed by atoms with van der Waals surface area (Å²) < 4.78 is 38.9. The molecule has 1 heterocycles. The van der Waals surface area contributed by atoms with E-state index in [-0.39, 0.29) is 29.1 Å². The number of amides is 1. The van der Waals surface area contributed by atoms with Gasteiger partial charge in [0, 0.05) is 17.9 Å². The first kappa shape index (κ1) is 20.3. The fraction of sp³-hybridized carbons (Fsp3) is 0.211. The molecule has 29 heavy (non-hydrogen) atoms. The second-order valence-corrected chi connectivity index (χ2v) is 8.17. The third kappa shape index (κ3) is 5.11. The summed E-state index contributed by atoms with van der Waals surface area (Å²) in [6.07, 6.45) is 1.15. The number of rotatable bonds is 7. The molecule has 0 aliphatic heterocycles. The second kappa shape index (κ2) is 8.31. The first-order valence-electron chi connectivity index (χ1n) is 8.44. The quantitative estimate of drug-likeness (QED) is 0.622. The zero-order valence-electron chi connectivity index (χ0n) is 16.0. The van der Waals surface area contributed by atoms with Crippen LogP contribution in [-0.4, -0.2) is 45.0 Å². The van der Waals surface area contributed by atoms with Crippen LogP contribution < -0.4 is 14.8 Å². The van der Waals surface area contributed by atoms with Crippen molar-refractivity contribution < 1.29 is 27.1 Å². The number of anilines is 1. The Morgan fingerprint density at radius 3 is 2.21 bits per heavy atom. The average Bonchev–Trinajstić information content (AvgIpc) is 3.15. The van der Waals surface area contributed by atoms with E-state index in [2.05, 4.69) is 15.5 Å². The van der Waals surface area contributed by atoms with Gasteiger partial charge >= 0.3 is 6.01 Å². The van der Waals surface area contributed by atoms with E-state index in [1.165, 1.54) is 26.4 Å². The summed E-state index contributed by atoms with van der Waals surface area (Å²) in [5.41, 5.74) is 1.22. The van der Waals surface area contributed by atoms with Gasteiger partial charge in [-0.15, -0.1) is 5.10 Å². The molecule has 9 nitrogen and oxygen atoms in total. The lowest BCUT2D eigenvalue weighted by atomic mass is 10.1. The molecule has 0 spiro atoms. The van der Waals surface area contributed by atoms with Crippen molar-refractivity contribution in [2.45, 2.75) is 11.3 Å². The van der Waals surface area contributed by atoms with Gasteiger partial charge in [-0.3, -0.25) is 10.1 Å². The van der Waals surface area contributed by atoms with E-state index < -0.39 is 9.84 Å². The fourth-order valence-corrected chi connectivity index (χ4v) is 3.16. The summed E-state index contributed by atoms with van der Waals surface area (Å²) in [4.78, 5) is 12.4. The molecular weight excluding hydrogens is 398 g/mol. The van der Waals surface area contributed by atoms with Crippen LogP contribution in [0.4, 0.5) is 6.01 Å². The van der Waals surface area contributed by atoms with Gasteiger partial charge in [0.25, 0.3) is 0 Å². The Bertz CT molecular complexity index is 1100. The maximum absolute atomic E-state index is 12.2. The summed E-state index contributed by atoms with van der Waals surface area (Å²) in [6, 6.07) is 11.1. The van der Waals surface area contributed by atoms with Crippen molar-refractivity contribution in [2.75, 3.05) is 25.8 Å². The van der Waals surface area contributed by atoms with E-state index in [4.69, 9.17) is 13.9 Å². The van der Waals surface area contributed by atoms with Crippen LogP contribution in [0.1, 0.15) is 5.56 Å². The van der Waals surface area contributed by atoms with Gasteiger partial charge in [-0.1, -0.05) is 17.2 Å². The zero-order chi connectivity index (χ0) is 21.0. The zero-order valence-corrected chi connectivity index (χ0v) is 16.8. The van der Waals surface area contributed by atoms with Crippen LogP contribution in [0.2, 0.25) is 0 Å². The van der Waals surface area contributed by atoms with Crippen molar-refractivity contribution >= 4 is 21.8 Å². The molecule has 0 atom stereocenters.